The van der Waals surface area contributed by atoms with Gasteiger partial charge in [0.15, 0.2) is 0 Å². The molecular weight excluding hydrogens is 932 g/mol. The molecule has 0 radical (unpaired) electrons. The number of aromatic nitrogens is 6. The van der Waals surface area contributed by atoms with E-state index in [0.717, 1.165) is 55.6 Å². The molecular formula is C52H60Cl2N10O6. The number of amides is 2. The van der Waals surface area contributed by atoms with Crippen LogP contribution in [0.3, 0.4) is 0 Å². The van der Waals surface area contributed by atoms with Crippen molar-refractivity contribution < 1.29 is 19.1 Å². The average Bonchev–Trinajstić information content (AvgIpc) is 3.87. The smallest absolute Gasteiger partial charge is 0.407 e. The van der Waals surface area contributed by atoms with E-state index in [1.54, 1.807) is 23.0 Å². The Morgan fingerprint density at radius 3 is 1.63 bits per heavy atom. The summed E-state index contributed by atoms with van der Waals surface area (Å²) in [6.07, 6.45) is 5.94. The van der Waals surface area contributed by atoms with Crippen LogP contribution in [0.1, 0.15) is 78.4 Å². The molecule has 2 saturated heterocycles. The molecule has 6 heterocycles. The van der Waals surface area contributed by atoms with Crippen LogP contribution in [0.2, 0.25) is 10.0 Å². The van der Waals surface area contributed by atoms with Crippen LogP contribution in [0.15, 0.2) is 113 Å². The molecule has 3 N–H and O–H groups in total. The molecule has 2 aliphatic heterocycles. The largest absolute Gasteiger partial charge is 0.444 e. The Balaban J connectivity index is 0.000000191. The fourth-order valence-electron chi connectivity index (χ4n) is 8.88. The number of alkyl carbamates (subject to hydrolysis) is 2. The van der Waals surface area contributed by atoms with E-state index in [1.165, 1.54) is 0 Å². The van der Waals surface area contributed by atoms with Gasteiger partial charge in [-0.15, -0.1) is 0 Å². The number of nitrogens with one attached hydrogen (secondary N) is 3. The van der Waals surface area contributed by atoms with Gasteiger partial charge in [0.25, 0.3) is 11.1 Å². The second-order valence-electron chi connectivity index (χ2n) is 19.6. The van der Waals surface area contributed by atoms with E-state index in [2.05, 4.69) is 25.4 Å². The first-order valence-corrected chi connectivity index (χ1v) is 24.4. The van der Waals surface area contributed by atoms with E-state index in [4.69, 9.17) is 42.6 Å². The first kappa shape index (κ1) is 49.6. The lowest BCUT2D eigenvalue weighted by Crippen LogP contribution is -2.49. The number of carbonyl (C=O) groups is 2. The zero-order chi connectivity index (χ0) is 49.7. The second-order valence-corrected chi connectivity index (χ2v) is 20.5. The third-order valence-electron chi connectivity index (χ3n) is 11.9. The number of hydrogen-bond donors (Lipinski definition) is 3. The lowest BCUT2D eigenvalue weighted by atomic mass is 10.1. The summed E-state index contributed by atoms with van der Waals surface area (Å²) in [6.45, 7) is 14.5. The Bertz CT molecular complexity index is 3100. The fraction of sp³-hybridized carbons (Fsp3) is 0.385. The summed E-state index contributed by atoms with van der Waals surface area (Å²) >= 11 is 12.9. The van der Waals surface area contributed by atoms with Gasteiger partial charge in [-0.3, -0.25) is 14.2 Å². The topological polar surface area (TPSA) is 174 Å². The number of hydrogen-bond acceptors (Lipinski definition) is 10. The molecule has 0 spiro atoms. The zero-order valence-electron chi connectivity index (χ0n) is 40.4. The minimum Gasteiger partial charge on any atom is -0.444 e. The highest BCUT2D eigenvalue weighted by atomic mass is 35.5. The van der Waals surface area contributed by atoms with Crippen molar-refractivity contribution in [2.45, 2.75) is 104 Å². The molecule has 3 aromatic carbocycles. The third-order valence-corrected chi connectivity index (χ3v) is 12.6. The summed E-state index contributed by atoms with van der Waals surface area (Å²) in [5, 5.41) is 7.23. The summed E-state index contributed by atoms with van der Waals surface area (Å²) in [6, 6.07) is 28.2. The van der Waals surface area contributed by atoms with Gasteiger partial charge in [0.2, 0.25) is 11.9 Å². The number of carbonyl (C=O) groups excluding carboxylic acids is 2. The Kier molecular flexibility index (Phi) is 14.9. The van der Waals surface area contributed by atoms with Gasteiger partial charge in [0.1, 0.15) is 22.2 Å². The first-order chi connectivity index (χ1) is 33.4. The van der Waals surface area contributed by atoms with Gasteiger partial charge in [0.05, 0.1) is 24.1 Å². The maximum absolute atomic E-state index is 13.8. The number of aromatic amines is 1. The molecule has 18 heteroatoms. The zero-order valence-corrected chi connectivity index (χ0v) is 41.9. The molecule has 4 aromatic heterocycles. The molecule has 2 amide bonds. The summed E-state index contributed by atoms with van der Waals surface area (Å²) in [5.74, 6) is 1.37. The highest BCUT2D eigenvalue weighted by Gasteiger charge is 2.30. The molecule has 0 bridgehead atoms. The first-order valence-electron chi connectivity index (χ1n) is 23.6. The number of para-hydroxylation sites is 1. The van der Waals surface area contributed by atoms with Gasteiger partial charge < -0.3 is 44.0 Å². The molecule has 368 valence electrons. The van der Waals surface area contributed by atoms with Crippen LogP contribution < -0.4 is 31.6 Å². The second kappa shape index (κ2) is 21.1. The van der Waals surface area contributed by atoms with Crippen molar-refractivity contribution in [1.82, 2.24) is 39.3 Å². The summed E-state index contributed by atoms with van der Waals surface area (Å²) < 4.78 is 16.4. The van der Waals surface area contributed by atoms with Crippen molar-refractivity contribution >= 4 is 69.4 Å². The minimum atomic E-state index is -0.569. The predicted octanol–water partition coefficient (Wildman–Crippen LogP) is 9.30. The number of pyridine rings is 2. The van der Waals surface area contributed by atoms with E-state index in [1.807, 2.05) is 136 Å². The number of halogens is 2. The number of ether oxygens (including phenoxy) is 2. The van der Waals surface area contributed by atoms with Gasteiger partial charge in [-0.1, -0.05) is 77.8 Å². The van der Waals surface area contributed by atoms with Gasteiger partial charge in [-0.25, -0.2) is 19.6 Å². The average molecular weight is 992 g/mol. The molecule has 0 aliphatic carbocycles. The molecule has 0 saturated carbocycles. The van der Waals surface area contributed by atoms with Crippen LogP contribution in [-0.2, 0) is 22.6 Å². The highest BCUT2D eigenvalue weighted by Crippen LogP contribution is 2.29. The Morgan fingerprint density at radius 1 is 0.657 bits per heavy atom. The van der Waals surface area contributed by atoms with Gasteiger partial charge >= 0.3 is 12.2 Å². The van der Waals surface area contributed by atoms with Gasteiger partial charge in [-0.2, -0.15) is 0 Å². The number of nitrogens with zero attached hydrogens (tertiary/aromatic N) is 7. The number of fused-ring (bicyclic) bond motifs is 2. The van der Waals surface area contributed by atoms with E-state index in [0.29, 0.717) is 70.2 Å². The van der Waals surface area contributed by atoms with Crippen LogP contribution in [-0.4, -0.2) is 90.3 Å². The number of imidazole rings is 2. The fourth-order valence-corrected chi connectivity index (χ4v) is 9.27. The van der Waals surface area contributed by atoms with Crippen molar-refractivity contribution in [2.75, 3.05) is 36.0 Å². The van der Waals surface area contributed by atoms with Crippen molar-refractivity contribution in [2.24, 2.45) is 0 Å². The van der Waals surface area contributed by atoms with Crippen LogP contribution >= 0.6 is 23.2 Å². The normalized spacial score (nSPS) is 16.4. The summed E-state index contributed by atoms with van der Waals surface area (Å²) in [7, 11) is 0. The van der Waals surface area contributed by atoms with Crippen molar-refractivity contribution in [1.29, 1.82) is 0 Å². The third kappa shape index (κ3) is 12.0. The maximum atomic E-state index is 13.8. The van der Waals surface area contributed by atoms with Gasteiger partial charge in [-0.05, 0) is 115 Å². The van der Waals surface area contributed by atoms with Crippen LogP contribution in [0, 0.1) is 0 Å². The van der Waals surface area contributed by atoms with Crippen LogP contribution in [0.25, 0.3) is 27.8 Å². The van der Waals surface area contributed by atoms with Crippen molar-refractivity contribution in [3.8, 4) is 5.69 Å². The Morgan fingerprint density at radius 2 is 1.13 bits per heavy atom. The summed E-state index contributed by atoms with van der Waals surface area (Å²) in [4.78, 5) is 67.9. The number of rotatable bonds is 9. The molecule has 2 atom stereocenters. The van der Waals surface area contributed by atoms with E-state index >= 15 is 0 Å². The molecule has 2 fully saturated rings. The lowest BCUT2D eigenvalue weighted by Gasteiger charge is -2.34. The monoisotopic (exact) mass is 990 g/mol. The van der Waals surface area contributed by atoms with Crippen LogP contribution in [0.4, 0.5) is 21.5 Å². The highest BCUT2D eigenvalue weighted by molar-refractivity contribution is 6.31. The Labute approximate surface area is 416 Å². The van der Waals surface area contributed by atoms with Crippen LogP contribution in [0.5, 0.6) is 0 Å². The van der Waals surface area contributed by atoms with Crippen molar-refractivity contribution in [3.63, 3.8) is 0 Å². The molecule has 7 aromatic rings. The maximum Gasteiger partial charge on any atom is 0.407 e. The molecule has 16 nitrogen and oxygen atoms in total. The minimum absolute atomic E-state index is 0.0783. The molecule has 9 rings (SSSR count). The standard InChI is InChI=1S/C29H32ClN5O3.C23H28ClN5O3/c1-29(2,3)38-28(37)31-21-11-9-16-33(19-21)27-32-24-15-17-34(22-12-5-4-6-13-22)26(36)25(24)35(27)18-20-10-7-8-14-23(20)30;1-23(2,3)32-22(31)26-16-8-6-12-28(14-16)21-27-18-10-11-25-20(30)19(18)29(21)13-15-7-4-5-9-17(15)24/h4-8,10,12-15,17,21H,9,11,16,18-19H2,1-3H3,(H,31,37);4-5,7,9-11,16H,6,8,12-14H2,1-3H3,(H,25,30)(H,26,31)/t21-;16-/m11/s1. The number of benzene rings is 3. The lowest BCUT2D eigenvalue weighted by molar-refractivity contribution is 0.0488. The van der Waals surface area contributed by atoms with E-state index < -0.39 is 23.4 Å². The van der Waals surface area contributed by atoms with Gasteiger partial charge in [0, 0.05) is 66.4 Å². The predicted molar refractivity (Wildman–Crippen MR) is 276 cm³/mol. The Hall–Kier alpha value is -6.78. The molecule has 0 unspecified atom stereocenters. The number of anilines is 2. The number of H-pyrrole nitrogens is 1. The SMILES string of the molecule is CC(C)(C)OC(=O)N[C@@H]1CCCN(c2nc3cc[nH]c(=O)c3n2Cc2ccccc2Cl)C1.CC(C)(C)OC(=O)N[C@@H]1CCCN(c2nc3ccn(-c4ccccc4)c(=O)c3n2Cc2ccccc2Cl)C1. The number of piperidine rings is 2. The van der Waals surface area contributed by atoms with E-state index in [-0.39, 0.29) is 23.2 Å². The summed E-state index contributed by atoms with van der Waals surface area (Å²) in [5.41, 5.74) is 3.35. The van der Waals surface area contributed by atoms with E-state index in [9.17, 15) is 19.2 Å². The van der Waals surface area contributed by atoms with Crippen molar-refractivity contribution in [3.05, 3.63) is 145 Å². The molecule has 2 aliphatic rings. The quantitative estimate of drug-likeness (QED) is 0.127. The molecule has 70 heavy (non-hydrogen) atoms.